The van der Waals surface area contributed by atoms with Gasteiger partial charge in [0, 0.05) is 17.4 Å². The molecular weight excluding hydrogens is 418 g/mol. The van der Waals surface area contributed by atoms with Crippen LogP contribution in [-0.2, 0) is 0 Å². The normalized spacial score (nSPS) is 11.2. The first kappa shape index (κ1) is 21.9. The van der Waals surface area contributed by atoms with Crippen molar-refractivity contribution in [2.45, 2.75) is 20.2 Å². The number of nitrogens with zero attached hydrogens (tertiary/aromatic N) is 1. The van der Waals surface area contributed by atoms with Crippen LogP contribution in [0.25, 0.3) is 0 Å². The lowest BCUT2D eigenvalue weighted by molar-refractivity contribution is -0.274. The summed E-state index contributed by atoms with van der Waals surface area (Å²) in [6, 6.07) is 10.1. The number of alkyl halides is 3. The Kier molecular flexibility index (Phi) is 6.00. The molecule has 0 aliphatic heterocycles. The molecule has 6 nitrogen and oxygen atoms in total. The van der Waals surface area contributed by atoms with Gasteiger partial charge in [-0.05, 0) is 61.9 Å². The molecule has 2 aromatic carbocycles. The number of nitrogens with two attached hydrogens (primary N) is 1. The maximum absolute atomic E-state index is 14.0. The number of nitrogen functional groups attached to an aromatic ring is 1. The summed E-state index contributed by atoms with van der Waals surface area (Å²) in [6.45, 7) is 3.59. The van der Waals surface area contributed by atoms with Crippen LogP contribution in [0.15, 0.2) is 48.5 Å². The number of carbonyl (C=O) groups is 1. The fourth-order valence-electron chi connectivity index (χ4n) is 2.60. The van der Waals surface area contributed by atoms with Gasteiger partial charge in [0.1, 0.15) is 17.3 Å². The average molecular weight is 435 g/mol. The summed E-state index contributed by atoms with van der Waals surface area (Å²) in [7, 11) is 0. The number of anilines is 2. The summed E-state index contributed by atoms with van der Waals surface area (Å²) in [5.74, 6) is -2.16. The number of ether oxygens (including phenoxy) is 2. The largest absolute Gasteiger partial charge is 0.573 e. The van der Waals surface area contributed by atoms with Crippen LogP contribution >= 0.6 is 0 Å². The van der Waals surface area contributed by atoms with Crippen LogP contribution < -0.4 is 20.5 Å². The van der Waals surface area contributed by atoms with Gasteiger partial charge in [-0.2, -0.15) is 0 Å². The minimum absolute atomic E-state index is 0.106. The molecule has 0 spiro atoms. The summed E-state index contributed by atoms with van der Waals surface area (Å²) >= 11 is 0. The van der Waals surface area contributed by atoms with Crippen molar-refractivity contribution < 1.29 is 31.8 Å². The molecule has 0 saturated heterocycles. The molecule has 0 aliphatic rings. The van der Waals surface area contributed by atoms with Crippen molar-refractivity contribution in [1.29, 1.82) is 0 Å². The summed E-state index contributed by atoms with van der Waals surface area (Å²) < 4.78 is 59.6. The highest BCUT2D eigenvalue weighted by atomic mass is 19.4. The first-order chi connectivity index (χ1) is 14.5. The second kappa shape index (κ2) is 8.50. The Morgan fingerprint density at radius 2 is 1.68 bits per heavy atom. The number of pyridine rings is 1. The third kappa shape index (κ3) is 5.62. The molecule has 0 bridgehead atoms. The highest BCUT2D eigenvalue weighted by molar-refractivity contribution is 6.07. The Balaban J connectivity index is 1.68. The third-order valence-electron chi connectivity index (χ3n) is 4.22. The lowest BCUT2D eigenvalue weighted by atomic mass is 10.1. The number of hydrogen-bond donors (Lipinski definition) is 2. The number of halogens is 4. The van der Waals surface area contributed by atoms with Gasteiger partial charge in [0.25, 0.3) is 5.91 Å². The Labute approximate surface area is 174 Å². The molecule has 3 N–H and O–H groups in total. The minimum Gasteiger partial charge on any atom is -0.454 e. The highest BCUT2D eigenvalue weighted by Gasteiger charge is 2.31. The van der Waals surface area contributed by atoms with E-state index in [-0.39, 0.29) is 22.9 Å². The summed E-state index contributed by atoms with van der Waals surface area (Å²) in [5, 5.41) is 2.67. The minimum atomic E-state index is -4.92. The molecule has 10 heteroatoms. The lowest BCUT2D eigenvalue weighted by Gasteiger charge is -2.12. The summed E-state index contributed by atoms with van der Waals surface area (Å²) in [6.07, 6.45) is -4.92. The standard InChI is InChI=1S/C21H17F4N3O3/c1-11-9-16(19(26)27-12(11)2)20(29)28-13-3-5-14(6-4-13)30-18-8-7-15(10-17(18)22)31-21(23,24)25/h3-10H,1-2H3,(H2,26,27)(H,28,29). The van der Waals surface area contributed by atoms with E-state index in [1.807, 2.05) is 6.92 Å². The molecule has 0 radical (unpaired) electrons. The van der Waals surface area contributed by atoms with Crippen molar-refractivity contribution >= 4 is 17.4 Å². The first-order valence-corrected chi connectivity index (χ1v) is 8.90. The molecule has 3 rings (SSSR count). The molecule has 0 aliphatic carbocycles. The van der Waals surface area contributed by atoms with E-state index in [1.54, 1.807) is 13.0 Å². The molecule has 0 unspecified atom stereocenters. The van der Waals surface area contributed by atoms with Gasteiger partial charge in [0.2, 0.25) is 0 Å². The van der Waals surface area contributed by atoms with Gasteiger partial charge in [-0.3, -0.25) is 4.79 Å². The predicted molar refractivity (Wildman–Crippen MR) is 106 cm³/mol. The van der Waals surface area contributed by atoms with E-state index in [9.17, 15) is 22.4 Å². The van der Waals surface area contributed by atoms with E-state index >= 15 is 0 Å². The van der Waals surface area contributed by atoms with Crippen molar-refractivity contribution in [2.24, 2.45) is 0 Å². The van der Waals surface area contributed by atoms with Gasteiger partial charge in [-0.25, -0.2) is 9.37 Å². The SMILES string of the molecule is Cc1cc(C(=O)Nc2ccc(Oc3ccc(OC(F)(F)F)cc3F)cc2)c(N)nc1C. The van der Waals surface area contributed by atoms with E-state index in [4.69, 9.17) is 10.5 Å². The molecule has 0 fully saturated rings. The summed E-state index contributed by atoms with van der Waals surface area (Å²) in [4.78, 5) is 16.6. The number of benzene rings is 2. The Morgan fingerprint density at radius 1 is 1.03 bits per heavy atom. The molecule has 1 amide bonds. The maximum Gasteiger partial charge on any atom is 0.573 e. The Bertz CT molecular complexity index is 1120. The number of rotatable bonds is 5. The fourth-order valence-corrected chi connectivity index (χ4v) is 2.60. The van der Waals surface area contributed by atoms with Gasteiger partial charge in [-0.1, -0.05) is 0 Å². The van der Waals surface area contributed by atoms with Crippen molar-refractivity contribution in [3.05, 3.63) is 71.2 Å². The maximum atomic E-state index is 14.0. The zero-order valence-corrected chi connectivity index (χ0v) is 16.4. The monoisotopic (exact) mass is 435 g/mol. The highest BCUT2D eigenvalue weighted by Crippen LogP contribution is 2.30. The van der Waals surface area contributed by atoms with E-state index in [0.29, 0.717) is 11.8 Å². The molecule has 1 heterocycles. The van der Waals surface area contributed by atoms with Crippen molar-refractivity contribution in [2.75, 3.05) is 11.1 Å². The van der Waals surface area contributed by atoms with Crippen LogP contribution in [0.3, 0.4) is 0 Å². The van der Waals surface area contributed by atoms with Crippen LogP contribution in [0.1, 0.15) is 21.6 Å². The average Bonchev–Trinajstić information content (AvgIpc) is 2.67. The molecule has 162 valence electrons. The van der Waals surface area contributed by atoms with Crippen LogP contribution in [0.5, 0.6) is 17.2 Å². The second-order valence-electron chi connectivity index (χ2n) is 6.54. The smallest absolute Gasteiger partial charge is 0.454 e. The topological polar surface area (TPSA) is 86.5 Å². The van der Waals surface area contributed by atoms with Gasteiger partial charge in [0.15, 0.2) is 11.6 Å². The first-order valence-electron chi connectivity index (χ1n) is 8.90. The molecule has 31 heavy (non-hydrogen) atoms. The zero-order chi connectivity index (χ0) is 22.8. The fraction of sp³-hybridized carbons (Fsp3) is 0.143. The van der Waals surface area contributed by atoms with Crippen molar-refractivity contribution in [1.82, 2.24) is 4.98 Å². The van der Waals surface area contributed by atoms with Crippen LogP contribution in [0, 0.1) is 19.7 Å². The van der Waals surface area contributed by atoms with Gasteiger partial charge in [-0.15, -0.1) is 13.2 Å². The van der Waals surface area contributed by atoms with Crippen LogP contribution in [0.2, 0.25) is 0 Å². The molecule has 3 aromatic rings. The zero-order valence-electron chi connectivity index (χ0n) is 16.4. The lowest BCUT2D eigenvalue weighted by Crippen LogP contribution is -2.17. The van der Waals surface area contributed by atoms with Gasteiger partial charge >= 0.3 is 6.36 Å². The van der Waals surface area contributed by atoms with Gasteiger partial charge in [0.05, 0.1) is 5.56 Å². The van der Waals surface area contributed by atoms with E-state index in [1.165, 1.54) is 24.3 Å². The van der Waals surface area contributed by atoms with Crippen LogP contribution in [0.4, 0.5) is 29.1 Å². The number of amides is 1. The molecule has 1 aromatic heterocycles. The molecular formula is C21H17F4N3O3. The van der Waals surface area contributed by atoms with Crippen molar-refractivity contribution in [3.63, 3.8) is 0 Å². The third-order valence-corrected chi connectivity index (χ3v) is 4.22. The second-order valence-corrected chi connectivity index (χ2v) is 6.54. The van der Waals surface area contributed by atoms with Crippen molar-refractivity contribution in [3.8, 4) is 17.2 Å². The number of hydrogen-bond acceptors (Lipinski definition) is 5. The van der Waals surface area contributed by atoms with Crippen LogP contribution in [-0.4, -0.2) is 17.3 Å². The molecule has 0 atom stereocenters. The number of aromatic nitrogens is 1. The Morgan fingerprint density at radius 3 is 2.29 bits per heavy atom. The Hall–Kier alpha value is -3.82. The number of aryl methyl sites for hydroxylation is 2. The van der Waals surface area contributed by atoms with E-state index in [2.05, 4.69) is 15.0 Å². The number of carbonyl (C=O) groups excluding carboxylic acids is 1. The van der Waals surface area contributed by atoms with E-state index < -0.39 is 23.8 Å². The molecule has 0 saturated carbocycles. The number of nitrogens with one attached hydrogen (secondary N) is 1. The van der Waals surface area contributed by atoms with Gasteiger partial charge < -0.3 is 20.5 Å². The quantitative estimate of drug-likeness (QED) is 0.527. The summed E-state index contributed by atoms with van der Waals surface area (Å²) in [5.41, 5.74) is 8.00. The van der Waals surface area contributed by atoms with E-state index in [0.717, 1.165) is 23.4 Å². The predicted octanol–water partition coefficient (Wildman–Crippen LogP) is 5.36.